The van der Waals surface area contributed by atoms with Crippen LogP contribution in [-0.4, -0.2) is 84.3 Å². The van der Waals surface area contributed by atoms with E-state index in [0.29, 0.717) is 36.5 Å². The molecule has 1 fully saturated rings. The number of methoxy groups -OCH3 is 1. The van der Waals surface area contributed by atoms with Gasteiger partial charge in [-0.25, -0.2) is 17.8 Å². The Morgan fingerprint density at radius 3 is 2.69 bits per heavy atom. The summed E-state index contributed by atoms with van der Waals surface area (Å²) in [7, 11) is -1.91. The molecular formula is C25H27FN4O5S. The maximum Gasteiger partial charge on any atom is 0.309 e. The van der Waals surface area contributed by atoms with Crippen LogP contribution in [0.5, 0.6) is 5.75 Å². The minimum Gasteiger partial charge on any atom is -0.496 e. The lowest BCUT2D eigenvalue weighted by Crippen LogP contribution is -2.45. The van der Waals surface area contributed by atoms with Crippen molar-refractivity contribution in [3.8, 4) is 16.9 Å². The van der Waals surface area contributed by atoms with Gasteiger partial charge in [-0.2, -0.15) is 4.31 Å². The highest BCUT2D eigenvalue weighted by Crippen LogP contribution is 2.37. The van der Waals surface area contributed by atoms with Crippen molar-refractivity contribution in [2.75, 3.05) is 39.5 Å². The van der Waals surface area contributed by atoms with Crippen molar-refractivity contribution in [2.24, 2.45) is 5.92 Å². The summed E-state index contributed by atoms with van der Waals surface area (Å²) in [5, 5.41) is 10.5. The van der Waals surface area contributed by atoms with Crippen molar-refractivity contribution in [3.05, 3.63) is 54.1 Å². The molecule has 190 valence electrons. The second-order valence-corrected chi connectivity index (χ2v) is 11.2. The molecule has 5 rings (SSSR count). The molecule has 2 aliphatic rings. The molecule has 3 aromatic rings. The number of ether oxygens (including phenoxy) is 1. The van der Waals surface area contributed by atoms with Crippen molar-refractivity contribution in [1.82, 2.24) is 19.2 Å². The molecule has 2 unspecified atom stereocenters. The molecule has 0 spiro atoms. The standard InChI is InChI=1S/C25H27FN4O5S/c1-35-23-4-3-16(26)11-18(23)17-5-8-27-24-19(17)12-21(28-24)15-6-9-29(10-7-15)22-14-30(36(2,33)34)13-20(22)25(31)32/h3-6,8,11-12,20,22H,7,9-10,13-14H2,1-2H3,(H,27,28)(H,31,32). The number of carbonyl (C=O) groups is 1. The first-order valence-corrected chi connectivity index (χ1v) is 13.4. The summed E-state index contributed by atoms with van der Waals surface area (Å²) in [6, 6.07) is 7.83. The van der Waals surface area contributed by atoms with E-state index in [4.69, 9.17) is 4.74 Å². The van der Waals surface area contributed by atoms with Gasteiger partial charge in [-0.15, -0.1) is 0 Å². The Labute approximate surface area is 208 Å². The number of halogens is 1. The number of aromatic amines is 1. The van der Waals surface area contributed by atoms with Crippen LogP contribution in [0, 0.1) is 11.7 Å². The largest absolute Gasteiger partial charge is 0.496 e. The lowest BCUT2D eigenvalue weighted by atomic mass is 9.97. The van der Waals surface area contributed by atoms with Crippen LogP contribution in [0.25, 0.3) is 27.7 Å². The monoisotopic (exact) mass is 514 g/mol. The van der Waals surface area contributed by atoms with E-state index >= 15 is 0 Å². The van der Waals surface area contributed by atoms with Crippen LogP contribution in [0.1, 0.15) is 12.1 Å². The van der Waals surface area contributed by atoms with Gasteiger partial charge in [0.05, 0.1) is 19.3 Å². The maximum absolute atomic E-state index is 14.0. The summed E-state index contributed by atoms with van der Waals surface area (Å²) < 4.78 is 44.7. The van der Waals surface area contributed by atoms with Crippen LogP contribution in [0.3, 0.4) is 0 Å². The highest BCUT2D eigenvalue weighted by Gasteiger charge is 2.44. The molecular weight excluding hydrogens is 487 g/mol. The average Bonchev–Trinajstić information content (AvgIpc) is 3.49. The quantitative estimate of drug-likeness (QED) is 0.520. The maximum atomic E-state index is 14.0. The summed E-state index contributed by atoms with van der Waals surface area (Å²) in [5.41, 5.74) is 4.05. The SMILES string of the molecule is COc1ccc(F)cc1-c1ccnc2[nH]c(C3=CCN(C4CN(S(C)(=O)=O)CC4C(=O)O)CC3)cc12. The number of fused-ring (bicyclic) bond motifs is 1. The number of nitrogens with one attached hydrogen (secondary N) is 1. The fourth-order valence-electron chi connectivity index (χ4n) is 5.19. The predicted octanol–water partition coefficient (Wildman–Crippen LogP) is 2.81. The summed E-state index contributed by atoms with van der Waals surface area (Å²) in [6.45, 7) is 1.28. The molecule has 11 heteroatoms. The van der Waals surface area contributed by atoms with Crippen LogP contribution in [-0.2, 0) is 14.8 Å². The van der Waals surface area contributed by atoms with E-state index in [1.165, 1.54) is 16.4 Å². The fourth-order valence-corrected chi connectivity index (χ4v) is 6.05. The fraction of sp³-hybridized carbons (Fsp3) is 0.360. The number of carboxylic acid groups (broad SMARTS) is 1. The lowest BCUT2D eigenvalue weighted by molar-refractivity contribution is -0.142. The third kappa shape index (κ3) is 4.49. The predicted molar refractivity (Wildman–Crippen MR) is 134 cm³/mol. The van der Waals surface area contributed by atoms with E-state index in [-0.39, 0.29) is 24.9 Å². The summed E-state index contributed by atoms with van der Waals surface area (Å²) in [4.78, 5) is 21.7. The molecule has 0 bridgehead atoms. The zero-order valence-corrected chi connectivity index (χ0v) is 20.8. The number of rotatable bonds is 6. The second-order valence-electron chi connectivity index (χ2n) is 9.21. The van der Waals surface area contributed by atoms with Gasteiger partial charge in [-0.1, -0.05) is 6.08 Å². The minimum absolute atomic E-state index is 0.00802. The number of pyridine rings is 1. The highest BCUT2D eigenvalue weighted by molar-refractivity contribution is 7.88. The van der Waals surface area contributed by atoms with Gasteiger partial charge in [0.2, 0.25) is 10.0 Å². The number of hydrogen-bond acceptors (Lipinski definition) is 6. The highest BCUT2D eigenvalue weighted by atomic mass is 32.2. The summed E-state index contributed by atoms with van der Waals surface area (Å²) >= 11 is 0. The zero-order chi connectivity index (χ0) is 25.6. The third-order valence-corrected chi connectivity index (χ3v) is 8.32. The van der Waals surface area contributed by atoms with E-state index in [0.717, 1.165) is 28.5 Å². The molecule has 0 radical (unpaired) electrons. The van der Waals surface area contributed by atoms with Gasteiger partial charge in [0.25, 0.3) is 0 Å². The first-order chi connectivity index (χ1) is 17.2. The van der Waals surface area contributed by atoms with E-state index < -0.39 is 21.9 Å². The van der Waals surface area contributed by atoms with Crippen molar-refractivity contribution in [3.63, 3.8) is 0 Å². The van der Waals surface area contributed by atoms with Crippen LogP contribution in [0.15, 0.2) is 42.6 Å². The molecule has 2 aromatic heterocycles. The Balaban J connectivity index is 1.42. The number of carboxylic acids is 1. The van der Waals surface area contributed by atoms with Crippen molar-refractivity contribution < 1.29 is 27.4 Å². The molecule has 2 N–H and O–H groups in total. The first-order valence-electron chi connectivity index (χ1n) is 11.6. The number of aromatic nitrogens is 2. The Morgan fingerprint density at radius 1 is 1.22 bits per heavy atom. The number of aliphatic carboxylic acids is 1. The van der Waals surface area contributed by atoms with Gasteiger partial charge in [-0.3, -0.25) is 9.69 Å². The smallest absolute Gasteiger partial charge is 0.309 e. The molecule has 36 heavy (non-hydrogen) atoms. The van der Waals surface area contributed by atoms with Crippen LogP contribution < -0.4 is 4.74 Å². The summed E-state index contributed by atoms with van der Waals surface area (Å²) in [5.74, 6) is -1.55. The topological polar surface area (TPSA) is 116 Å². The Morgan fingerprint density at radius 2 is 2.03 bits per heavy atom. The van der Waals surface area contributed by atoms with Crippen molar-refractivity contribution in [2.45, 2.75) is 12.5 Å². The number of H-pyrrole nitrogens is 1. The summed E-state index contributed by atoms with van der Waals surface area (Å²) in [6.07, 6.45) is 5.48. The van der Waals surface area contributed by atoms with Gasteiger partial charge < -0.3 is 14.8 Å². The molecule has 2 aliphatic heterocycles. The first kappa shape index (κ1) is 24.4. The molecule has 0 aliphatic carbocycles. The van der Waals surface area contributed by atoms with E-state index in [2.05, 4.69) is 9.97 Å². The van der Waals surface area contributed by atoms with E-state index in [9.17, 15) is 22.7 Å². The zero-order valence-electron chi connectivity index (χ0n) is 19.9. The molecule has 4 heterocycles. The Bertz CT molecular complexity index is 1470. The molecule has 2 atom stereocenters. The average molecular weight is 515 g/mol. The van der Waals surface area contributed by atoms with Crippen LogP contribution in [0.4, 0.5) is 4.39 Å². The van der Waals surface area contributed by atoms with Gasteiger partial charge in [-0.05, 0) is 47.9 Å². The van der Waals surface area contributed by atoms with Crippen LogP contribution >= 0.6 is 0 Å². The number of hydrogen-bond donors (Lipinski definition) is 2. The Hall–Kier alpha value is -3.28. The van der Waals surface area contributed by atoms with Crippen molar-refractivity contribution in [1.29, 1.82) is 0 Å². The van der Waals surface area contributed by atoms with Gasteiger partial charge in [0, 0.05) is 55.1 Å². The van der Waals surface area contributed by atoms with Gasteiger partial charge in [0.1, 0.15) is 17.2 Å². The number of benzene rings is 1. The van der Waals surface area contributed by atoms with E-state index in [1.54, 1.807) is 19.4 Å². The lowest BCUT2D eigenvalue weighted by Gasteiger charge is -2.33. The van der Waals surface area contributed by atoms with E-state index in [1.807, 2.05) is 23.1 Å². The molecule has 9 nitrogen and oxygen atoms in total. The molecule has 0 saturated carbocycles. The minimum atomic E-state index is -3.46. The third-order valence-electron chi connectivity index (χ3n) is 7.08. The van der Waals surface area contributed by atoms with Crippen molar-refractivity contribution >= 4 is 32.6 Å². The second kappa shape index (κ2) is 9.30. The normalized spacial score (nSPS) is 21.6. The number of nitrogens with zero attached hydrogens (tertiary/aromatic N) is 3. The number of sulfonamides is 1. The molecule has 1 saturated heterocycles. The van der Waals surface area contributed by atoms with Gasteiger partial charge in [0.15, 0.2) is 0 Å². The van der Waals surface area contributed by atoms with Gasteiger partial charge >= 0.3 is 5.97 Å². The van der Waals surface area contributed by atoms with Crippen LogP contribution in [0.2, 0.25) is 0 Å². The molecule has 0 amide bonds. The molecule has 1 aromatic carbocycles. The Kier molecular flexibility index (Phi) is 6.31.